The quantitative estimate of drug-likeness (QED) is 0.807. The minimum atomic E-state index is -0.492. The Kier molecular flexibility index (Phi) is 4.95. The van der Waals surface area contributed by atoms with Crippen LogP contribution >= 0.6 is 0 Å². The molecule has 110 valence electrons. The average molecular weight is 276 g/mol. The van der Waals surface area contributed by atoms with Crippen molar-refractivity contribution in [3.8, 4) is 0 Å². The zero-order chi connectivity index (χ0) is 14.6. The largest absolute Gasteiger partial charge is 0.320 e. The van der Waals surface area contributed by atoms with Gasteiger partial charge in [0.2, 0.25) is 0 Å². The number of nitrogens with zero attached hydrogens (tertiary/aromatic N) is 1. The number of halogens is 1. The van der Waals surface area contributed by atoms with Gasteiger partial charge < -0.3 is 5.73 Å². The predicted molar refractivity (Wildman–Crippen MR) is 82.0 cm³/mol. The van der Waals surface area contributed by atoms with Crippen LogP contribution in [-0.2, 0) is 5.54 Å². The third kappa shape index (κ3) is 2.94. The summed E-state index contributed by atoms with van der Waals surface area (Å²) in [5.74, 6) is -0.219. The number of rotatable bonds is 6. The molecular formula is C17H25FN2. The molecule has 0 saturated carbocycles. The van der Waals surface area contributed by atoms with Crippen LogP contribution in [-0.4, -0.2) is 24.0 Å². The van der Waals surface area contributed by atoms with Gasteiger partial charge in [0.1, 0.15) is 5.82 Å². The third-order valence-corrected chi connectivity index (χ3v) is 4.43. The lowest BCUT2D eigenvalue weighted by atomic mass is 9.79. The molecule has 0 amide bonds. The maximum atomic E-state index is 13.2. The number of benzene rings is 1. The van der Waals surface area contributed by atoms with Gasteiger partial charge in [0, 0.05) is 6.04 Å². The van der Waals surface area contributed by atoms with E-state index in [4.69, 9.17) is 5.73 Å². The van der Waals surface area contributed by atoms with Crippen molar-refractivity contribution in [2.45, 2.75) is 44.2 Å². The second kappa shape index (κ2) is 6.51. The van der Waals surface area contributed by atoms with E-state index in [-0.39, 0.29) is 11.9 Å². The van der Waals surface area contributed by atoms with Crippen molar-refractivity contribution < 1.29 is 4.39 Å². The smallest absolute Gasteiger partial charge is 0.123 e. The van der Waals surface area contributed by atoms with Crippen LogP contribution in [0.2, 0.25) is 0 Å². The van der Waals surface area contributed by atoms with Crippen LogP contribution in [0.15, 0.2) is 36.9 Å². The third-order valence-electron chi connectivity index (χ3n) is 4.43. The molecule has 20 heavy (non-hydrogen) atoms. The van der Waals surface area contributed by atoms with Crippen molar-refractivity contribution in [3.63, 3.8) is 0 Å². The summed E-state index contributed by atoms with van der Waals surface area (Å²) in [6.45, 7) is 8.25. The molecule has 0 radical (unpaired) electrons. The molecule has 1 aliphatic rings. The summed E-state index contributed by atoms with van der Waals surface area (Å²) in [4.78, 5) is 2.48. The van der Waals surface area contributed by atoms with Gasteiger partial charge in [-0.15, -0.1) is 6.58 Å². The molecule has 2 rings (SSSR count). The average Bonchev–Trinajstić information content (AvgIpc) is 2.94. The molecule has 2 atom stereocenters. The molecule has 1 heterocycles. The van der Waals surface area contributed by atoms with Gasteiger partial charge in [-0.3, -0.25) is 4.90 Å². The van der Waals surface area contributed by atoms with E-state index in [9.17, 15) is 4.39 Å². The summed E-state index contributed by atoms with van der Waals surface area (Å²) in [7, 11) is 0. The Bertz CT molecular complexity index is 437. The van der Waals surface area contributed by atoms with Crippen molar-refractivity contribution in [1.29, 1.82) is 0 Å². The minimum Gasteiger partial charge on any atom is -0.320 e. The topological polar surface area (TPSA) is 29.3 Å². The second-order valence-corrected chi connectivity index (χ2v) is 5.71. The summed E-state index contributed by atoms with van der Waals surface area (Å²) in [6.07, 6.45) is 6.05. The van der Waals surface area contributed by atoms with Gasteiger partial charge in [-0.1, -0.05) is 25.1 Å². The molecule has 0 bridgehead atoms. The Hall–Kier alpha value is -1.19. The van der Waals surface area contributed by atoms with Gasteiger partial charge in [0.25, 0.3) is 0 Å². The van der Waals surface area contributed by atoms with E-state index in [1.54, 1.807) is 0 Å². The molecular weight excluding hydrogens is 251 g/mol. The standard InChI is InChI=1S/C17H25FN2/c1-3-11-17(19,14-7-9-15(18)10-8-14)16(4-2)20-12-5-6-13-20/h3,7-10,16H,1,4-6,11-13,19H2,2H3. The molecule has 0 spiro atoms. The van der Waals surface area contributed by atoms with E-state index in [0.29, 0.717) is 6.42 Å². The Morgan fingerprint density at radius 1 is 1.35 bits per heavy atom. The van der Waals surface area contributed by atoms with E-state index < -0.39 is 5.54 Å². The van der Waals surface area contributed by atoms with Crippen molar-refractivity contribution in [2.24, 2.45) is 5.73 Å². The van der Waals surface area contributed by atoms with Crippen LogP contribution < -0.4 is 5.73 Å². The summed E-state index contributed by atoms with van der Waals surface area (Å²) >= 11 is 0. The van der Waals surface area contributed by atoms with Crippen LogP contribution in [0, 0.1) is 5.82 Å². The monoisotopic (exact) mass is 276 g/mol. The maximum absolute atomic E-state index is 13.2. The Labute approximate surface area is 121 Å². The first-order valence-corrected chi connectivity index (χ1v) is 7.51. The molecule has 0 aromatic heterocycles. The van der Waals surface area contributed by atoms with Crippen LogP contribution in [0.25, 0.3) is 0 Å². The second-order valence-electron chi connectivity index (χ2n) is 5.71. The number of hydrogen-bond acceptors (Lipinski definition) is 2. The first-order valence-electron chi connectivity index (χ1n) is 7.51. The number of hydrogen-bond donors (Lipinski definition) is 1. The zero-order valence-electron chi connectivity index (χ0n) is 12.3. The molecule has 2 nitrogen and oxygen atoms in total. The van der Waals surface area contributed by atoms with Gasteiger partial charge in [0.15, 0.2) is 0 Å². The highest BCUT2D eigenvalue weighted by Gasteiger charge is 2.38. The predicted octanol–water partition coefficient (Wildman–Crippen LogP) is 3.43. The molecule has 1 fully saturated rings. The van der Waals surface area contributed by atoms with E-state index in [1.807, 2.05) is 18.2 Å². The van der Waals surface area contributed by atoms with Crippen LogP contribution in [0.3, 0.4) is 0 Å². The Morgan fingerprint density at radius 2 is 1.95 bits per heavy atom. The maximum Gasteiger partial charge on any atom is 0.123 e. The first-order chi connectivity index (χ1) is 9.61. The van der Waals surface area contributed by atoms with Crippen molar-refractivity contribution in [2.75, 3.05) is 13.1 Å². The SMILES string of the molecule is C=CCC(N)(c1ccc(F)cc1)C(CC)N1CCCC1. The fourth-order valence-corrected chi connectivity index (χ4v) is 3.45. The van der Waals surface area contributed by atoms with Crippen LogP contribution in [0.5, 0.6) is 0 Å². The normalized spacial score (nSPS) is 20.6. The highest BCUT2D eigenvalue weighted by molar-refractivity contribution is 5.28. The molecule has 0 aliphatic carbocycles. The van der Waals surface area contributed by atoms with Crippen LogP contribution in [0.4, 0.5) is 4.39 Å². The molecule has 2 N–H and O–H groups in total. The fraction of sp³-hybridized carbons (Fsp3) is 0.529. The highest BCUT2D eigenvalue weighted by atomic mass is 19.1. The Balaban J connectivity index is 2.35. The van der Waals surface area contributed by atoms with Crippen molar-refractivity contribution >= 4 is 0 Å². The van der Waals surface area contributed by atoms with E-state index >= 15 is 0 Å². The summed E-state index contributed by atoms with van der Waals surface area (Å²) in [5.41, 5.74) is 7.29. The van der Waals surface area contributed by atoms with E-state index in [0.717, 1.165) is 25.1 Å². The lowest BCUT2D eigenvalue weighted by Gasteiger charge is -2.42. The molecule has 1 saturated heterocycles. The first kappa shape index (κ1) is 15.2. The van der Waals surface area contributed by atoms with Crippen LogP contribution in [0.1, 0.15) is 38.2 Å². The number of likely N-dealkylation sites (tertiary alicyclic amines) is 1. The minimum absolute atomic E-state index is 0.219. The molecule has 2 unspecified atom stereocenters. The molecule has 1 aromatic carbocycles. The van der Waals surface area contributed by atoms with Gasteiger partial charge in [-0.25, -0.2) is 4.39 Å². The van der Waals surface area contributed by atoms with Gasteiger partial charge in [-0.2, -0.15) is 0 Å². The Morgan fingerprint density at radius 3 is 2.45 bits per heavy atom. The molecule has 1 aliphatic heterocycles. The molecule has 1 aromatic rings. The van der Waals surface area contributed by atoms with Crippen molar-refractivity contribution in [1.82, 2.24) is 4.90 Å². The van der Waals surface area contributed by atoms with E-state index in [1.165, 1.54) is 25.0 Å². The zero-order valence-corrected chi connectivity index (χ0v) is 12.3. The van der Waals surface area contributed by atoms with Gasteiger partial charge in [0.05, 0.1) is 5.54 Å². The summed E-state index contributed by atoms with van der Waals surface area (Å²) < 4.78 is 13.2. The summed E-state index contributed by atoms with van der Waals surface area (Å²) in [5, 5.41) is 0. The van der Waals surface area contributed by atoms with Gasteiger partial charge >= 0.3 is 0 Å². The van der Waals surface area contributed by atoms with Crippen molar-refractivity contribution in [3.05, 3.63) is 48.3 Å². The number of nitrogens with two attached hydrogens (primary N) is 1. The lowest BCUT2D eigenvalue weighted by Crippen LogP contribution is -2.55. The van der Waals surface area contributed by atoms with E-state index in [2.05, 4.69) is 18.4 Å². The fourth-order valence-electron chi connectivity index (χ4n) is 3.45. The summed E-state index contributed by atoms with van der Waals surface area (Å²) in [6, 6.07) is 6.90. The van der Waals surface area contributed by atoms with Gasteiger partial charge in [-0.05, 0) is 56.5 Å². The lowest BCUT2D eigenvalue weighted by molar-refractivity contribution is 0.141. The molecule has 3 heteroatoms. The highest BCUT2D eigenvalue weighted by Crippen LogP contribution is 2.33.